The Hall–Kier alpha value is -0.580. The Bertz CT molecular complexity index is 508. The number of thiazole rings is 1. The predicted octanol–water partition coefficient (Wildman–Crippen LogP) is 2.85. The molecule has 1 aromatic heterocycles. The van der Waals surface area contributed by atoms with E-state index in [0.29, 0.717) is 0 Å². The van der Waals surface area contributed by atoms with Gasteiger partial charge in [0.05, 0.1) is 10.2 Å². The van der Waals surface area contributed by atoms with E-state index in [4.69, 9.17) is 0 Å². The number of aromatic nitrogens is 1. The zero-order valence-corrected chi connectivity index (χ0v) is 11.1. The molecular formula is C13H14N2S2. The van der Waals surface area contributed by atoms with Crippen LogP contribution in [0.4, 0.5) is 0 Å². The van der Waals surface area contributed by atoms with Gasteiger partial charge in [0.15, 0.2) is 4.34 Å². The van der Waals surface area contributed by atoms with Gasteiger partial charge < -0.3 is 5.32 Å². The number of rotatable bonds is 3. The van der Waals surface area contributed by atoms with Crippen molar-refractivity contribution in [2.75, 3.05) is 18.8 Å². The molecule has 0 amide bonds. The van der Waals surface area contributed by atoms with E-state index in [1.54, 1.807) is 0 Å². The molecule has 2 nitrogen and oxygen atoms in total. The molecule has 3 atom stereocenters. The van der Waals surface area contributed by atoms with Crippen LogP contribution in [0.1, 0.15) is 0 Å². The Morgan fingerprint density at radius 3 is 2.94 bits per heavy atom. The highest BCUT2D eigenvalue weighted by molar-refractivity contribution is 8.01. The van der Waals surface area contributed by atoms with E-state index in [1.165, 1.54) is 27.9 Å². The maximum absolute atomic E-state index is 4.67. The topological polar surface area (TPSA) is 24.9 Å². The first-order valence-electron chi connectivity index (χ1n) is 6.11. The Morgan fingerprint density at radius 1 is 1.29 bits per heavy atom. The molecule has 88 valence electrons. The fourth-order valence-electron chi connectivity index (χ4n) is 2.87. The second-order valence-electron chi connectivity index (χ2n) is 4.91. The molecule has 0 radical (unpaired) electrons. The van der Waals surface area contributed by atoms with E-state index in [1.807, 2.05) is 23.1 Å². The third kappa shape index (κ3) is 1.79. The van der Waals surface area contributed by atoms with Crippen molar-refractivity contribution in [3.8, 4) is 0 Å². The molecule has 4 rings (SSSR count). The summed E-state index contributed by atoms with van der Waals surface area (Å²) in [6.07, 6.45) is 0. The fraction of sp³-hybridized carbons (Fsp3) is 0.462. The van der Waals surface area contributed by atoms with Crippen molar-refractivity contribution >= 4 is 33.3 Å². The number of piperidine rings is 1. The number of nitrogens with one attached hydrogen (secondary N) is 1. The summed E-state index contributed by atoms with van der Waals surface area (Å²) in [5.74, 6) is 4.15. The zero-order valence-electron chi connectivity index (χ0n) is 9.43. The number of nitrogens with zero attached hydrogens (tertiary/aromatic N) is 1. The molecular weight excluding hydrogens is 248 g/mol. The van der Waals surface area contributed by atoms with Crippen LogP contribution in [-0.2, 0) is 0 Å². The van der Waals surface area contributed by atoms with Crippen molar-refractivity contribution in [1.29, 1.82) is 0 Å². The van der Waals surface area contributed by atoms with Gasteiger partial charge in [-0.15, -0.1) is 11.3 Å². The maximum Gasteiger partial charge on any atom is 0.151 e. The third-order valence-corrected chi connectivity index (χ3v) is 6.27. The normalized spacial score (nSPS) is 30.7. The molecule has 1 aliphatic carbocycles. The van der Waals surface area contributed by atoms with E-state index >= 15 is 0 Å². The molecule has 2 aliphatic rings. The second kappa shape index (κ2) is 3.97. The number of hydrogen-bond acceptors (Lipinski definition) is 4. The molecule has 0 bridgehead atoms. The lowest BCUT2D eigenvalue weighted by atomic mass is 10.3. The quantitative estimate of drug-likeness (QED) is 0.861. The van der Waals surface area contributed by atoms with Gasteiger partial charge in [0.2, 0.25) is 0 Å². The SMILES string of the molecule is c1ccc2sc(SC[C@H]3[C@@H]4CNC[C@@H]43)nc2c1. The standard InChI is InChI=1S/C13H14N2S2/c1-2-4-12-11(3-1)15-13(17-12)16-7-10-8-5-14-6-9(8)10/h1-4,8-10,14H,5-7H2/t8-,9+,10+. The average molecular weight is 262 g/mol. The van der Waals surface area contributed by atoms with E-state index in [2.05, 4.69) is 34.6 Å². The van der Waals surface area contributed by atoms with Gasteiger partial charge in [0.1, 0.15) is 0 Å². The van der Waals surface area contributed by atoms with Crippen molar-refractivity contribution in [1.82, 2.24) is 10.3 Å². The van der Waals surface area contributed by atoms with Crippen LogP contribution < -0.4 is 5.32 Å². The minimum atomic E-state index is 0.952. The summed E-state index contributed by atoms with van der Waals surface area (Å²) in [4.78, 5) is 4.67. The number of thioether (sulfide) groups is 1. The minimum absolute atomic E-state index is 0.952. The number of fused-ring (bicyclic) bond motifs is 2. The first-order valence-corrected chi connectivity index (χ1v) is 7.91. The van der Waals surface area contributed by atoms with Crippen molar-refractivity contribution in [3.63, 3.8) is 0 Å². The number of hydrogen-bond donors (Lipinski definition) is 1. The van der Waals surface area contributed by atoms with E-state index < -0.39 is 0 Å². The third-order valence-electron chi connectivity index (χ3n) is 3.94. The Morgan fingerprint density at radius 2 is 2.12 bits per heavy atom. The Labute approximate surface area is 109 Å². The molecule has 1 N–H and O–H groups in total. The van der Waals surface area contributed by atoms with Crippen molar-refractivity contribution in [2.45, 2.75) is 4.34 Å². The van der Waals surface area contributed by atoms with Crippen LogP contribution in [-0.4, -0.2) is 23.8 Å². The molecule has 2 aromatic rings. The average Bonchev–Trinajstić information content (AvgIpc) is 2.76. The Balaban J connectivity index is 1.45. The number of benzene rings is 1. The summed E-state index contributed by atoms with van der Waals surface area (Å²) in [5.41, 5.74) is 1.15. The second-order valence-corrected chi connectivity index (χ2v) is 7.21. The molecule has 1 saturated heterocycles. The van der Waals surface area contributed by atoms with E-state index in [-0.39, 0.29) is 0 Å². The van der Waals surface area contributed by atoms with Gasteiger partial charge in [-0.05, 0) is 43.0 Å². The first kappa shape index (κ1) is 10.4. The largest absolute Gasteiger partial charge is 0.316 e. The monoisotopic (exact) mass is 262 g/mol. The Kier molecular flexibility index (Phi) is 2.42. The van der Waals surface area contributed by atoms with Crippen LogP contribution in [0.5, 0.6) is 0 Å². The summed E-state index contributed by atoms with van der Waals surface area (Å²) in [7, 11) is 0. The van der Waals surface area contributed by atoms with Crippen LogP contribution in [0.25, 0.3) is 10.2 Å². The van der Waals surface area contributed by atoms with Gasteiger partial charge in [0.25, 0.3) is 0 Å². The molecule has 4 heteroatoms. The fourth-order valence-corrected chi connectivity index (χ4v) is 5.27. The summed E-state index contributed by atoms with van der Waals surface area (Å²) in [5, 5.41) is 3.45. The minimum Gasteiger partial charge on any atom is -0.316 e. The first-order chi connectivity index (χ1) is 8.42. The summed E-state index contributed by atoms with van der Waals surface area (Å²) < 4.78 is 2.55. The van der Waals surface area contributed by atoms with Crippen molar-refractivity contribution in [2.24, 2.45) is 17.8 Å². The highest BCUT2D eigenvalue weighted by Gasteiger charge is 2.52. The molecule has 2 heterocycles. The molecule has 2 fully saturated rings. The van der Waals surface area contributed by atoms with Gasteiger partial charge in [-0.2, -0.15) is 0 Å². The van der Waals surface area contributed by atoms with E-state index in [9.17, 15) is 0 Å². The van der Waals surface area contributed by atoms with Gasteiger partial charge in [0, 0.05) is 5.75 Å². The van der Waals surface area contributed by atoms with Crippen molar-refractivity contribution < 1.29 is 0 Å². The molecule has 0 unspecified atom stereocenters. The van der Waals surface area contributed by atoms with Gasteiger partial charge in [-0.3, -0.25) is 0 Å². The predicted molar refractivity (Wildman–Crippen MR) is 73.7 cm³/mol. The maximum atomic E-state index is 4.67. The molecule has 1 saturated carbocycles. The van der Waals surface area contributed by atoms with Crippen LogP contribution in [0.3, 0.4) is 0 Å². The van der Waals surface area contributed by atoms with Gasteiger partial charge >= 0.3 is 0 Å². The smallest absolute Gasteiger partial charge is 0.151 e. The summed E-state index contributed by atoms with van der Waals surface area (Å²) in [6.45, 7) is 2.49. The summed E-state index contributed by atoms with van der Waals surface area (Å²) in [6, 6.07) is 8.41. The highest BCUT2D eigenvalue weighted by Crippen LogP contribution is 2.51. The van der Waals surface area contributed by atoms with Crippen molar-refractivity contribution in [3.05, 3.63) is 24.3 Å². The van der Waals surface area contributed by atoms with Crippen LogP contribution in [0.15, 0.2) is 28.6 Å². The summed E-state index contributed by atoms with van der Waals surface area (Å²) >= 11 is 3.78. The molecule has 0 spiro atoms. The number of para-hydroxylation sites is 1. The van der Waals surface area contributed by atoms with Gasteiger partial charge in [-0.1, -0.05) is 23.9 Å². The molecule has 17 heavy (non-hydrogen) atoms. The lowest BCUT2D eigenvalue weighted by Crippen LogP contribution is -2.15. The van der Waals surface area contributed by atoms with Crippen LogP contribution >= 0.6 is 23.1 Å². The molecule has 1 aromatic carbocycles. The van der Waals surface area contributed by atoms with E-state index in [0.717, 1.165) is 23.3 Å². The molecule has 1 aliphatic heterocycles. The van der Waals surface area contributed by atoms with Crippen LogP contribution in [0, 0.1) is 17.8 Å². The zero-order chi connectivity index (χ0) is 11.2. The lowest BCUT2D eigenvalue weighted by Gasteiger charge is -2.01. The van der Waals surface area contributed by atoms with Gasteiger partial charge in [-0.25, -0.2) is 4.98 Å². The van der Waals surface area contributed by atoms with Crippen LogP contribution in [0.2, 0.25) is 0 Å². The lowest BCUT2D eigenvalue weighted by molar-refractivity contribution is 0.640. The highest BCUT2D eigenvalue weighted by atomic mass is 32.2.